The molecule has 0 saturated heterocycles. The maximum Gasteiger partial charge on any atom is 0.274 e. The Hall–Kier alpha value is -1.98. The highest BCUT2D eigenvalue weighted by molar-refractivity contribution is 5.97. The first kappa shape index (κ1) is 16.1. The molecule has 6 nitrogen and oxygen atoms in total. The molecule has 0 saturated carbocycles. The van der Waals surface area contributed by atoms with Gasteiger partial charge in [0.2, 0.25) is 0 Å². The molecule has 0 aliphatic carbocycles. The van der Waals surface area contributed by atoms with Crippen molar-refractivity contribution in [1.29, 1.82) is 0 Å². The van der Waals surface area contributed by atoms with Gasteiger partial charge in [0.1, 0.15) is 11.5 Å². The SMILES string of the molecule is CC(=O)CCC(=O)C(NC(=O)c1cc(C)on1)C(C)C. The van der Waals surface area contributed by atoms with Gasteiger partial charge in [-0.3, -0.25) is 9.59 Å². The van der Waals surface area contributed by atoms with Crippen LogP contribution < -0.4 is 5.32 Å². The molecule has 20 heavy (non-hydrogen) atoms. The minimum absolute atomic E-state index is 0.0423. The van der Waals surface area contributed by atoms with Gasteiger partial charge in [-0.05, 0) is 19.8 Å². The molecule has 110 valence electrons. The van der Waals surface area contributed by atoms with E-state index >= 15 is 0 Å². The lowest BCUT2D eigenvalue weighted by Gasteiger charge is -2.20. The van der Waals surface area contributed by atoms with Gasteiger partial charge in [0, 0.05) is 18.9 Å². The van der Waals surface area contributed by atoms with Gasteiger partial charge in [-0.2, -0.15) is 0 Å². The van der Waals surface area contributed by atoms with Gasteiger partial charge in [-0.1, -0.05) is 19.0 Å². The van der Waals surface area contributed by atoms with E-state index < -0.39 is 11.9 Å². The first-order valence-electron chi connectivity index (χ1n) is 6.57. The van der Waals surface area contributed by atoms with E-state index in [9.17, 15) is 14.4 Å². The van der Waals surface area contributed by atoms with Crippen LogP contribution in [0.1, 0.15) is 49.9 Å². The van der Waals surface area contributed by atoms with Crippen molar-refractivity contribution in [2.75, 3.05) is 0 Å². The predicted octanol–water partition coefficient (Wildman–Crippen LogP) is 1.68. The quantitative estimate of drug-likeness (QED) is 0.820. The van der Waals surface area contributed by atoms with Crippen LogP contribution in [-0.2, 0) is 9.59 Å². The molecule has 1 unspecified atom stereocenters. The van der Waals surface area contributed by atoms with E-state index in [1.165, 1.54) is 13.0 Å². The lowest BCUT2D eigenvalue weighted by Crippen LogP contribution is -2.44. The van der Waals surface area contributed by atoms with Gasteiger partial charge >= 0.3 is 0 Å². The highest BCUT2D eigenvalue weighted by atomic mass is 16.5. The predicted molar refractivity (Wildman–Crippen MR) is 72.3 cm³/mol. The summed E-state index contributed by atoms with van der Waals surface area (Å²) in [6.07, 6.45) is 0.331. The third-order valence-electron chi connectivity index (χ3n) is 2.88. The zero-order chi connectivity index (χ0) is 15.3. The molecular weight excluding hydrogens is 260 g/mol. The van der Waals surface area contributed by atoms with Gasteiger partial charge < -0.3 is 14.6 Å². The van der Waals surface area contributed by atoms with Crippen molar-refractivity contribution in [3.8, 4) is 0 Å². The molecule has 1 N–H and O–H groups in total. The number of amides is 1. The van der Waals surface area contributed by atoms with E-state index in [0.29, 0.717) is 5.76 Å². The van der Waals surface area contributed by atoms with E-state index in [1.807, 2.05) is 13.8 Å². The maximum absolute atomic E-state index is 12.1. The summed E-state index contributed by atoms with van der Waals surface area (Å²) in [6, 6.07) is 0.881. The third-order valence-corrected chi connectivity index (χ3v) is 2.88. The van der Waals surface area contributed by atoms with Crippen molar-refractivity contribution in [3.05, 3.63) is 17.5 Å². The van der Waals surface area contributed by atoms with Crippen LogP contribution in [0, 0.1) is 12.8 Å². The Morgan fingerprint density at radius 2 is 1.95 bits per heavy atom. The molecule has 1 aromatic heterocycles. The van der Waals surface area contributed by atoms with Crippen LogP contribution in [0.15, 0.2) is 10.6 Å². The van der Waals surface area contributed by atoms with Gasteiger partial charge in [-0.15, -0.1) is 0 Å². The van der Waals surface area contributed by atoms with Gasteiger partial charge in [0.15, 0.2) is 11.5 Å². The number of ketones is 2. The van der Waals surface area contributed by atoms with Crippen LogP contribution in [0.4, 0.5) is 0 Å². The van der Waals surface area contributed by atoms with Crippen LogP contribution in [0.5, 0.6) is 0 Å². The lowest BCUT2D eigenvalue weighted by molar-refractivity contribution is -0.125. The number of rotatable bonds is 7. The summed E-state index contributed by atoms with van der Waals surface area (Å²) < 4.78 is 4.83. The second-order valence-electron chi connectivity index (χ2n) is 5.19. The number of Topliss-reactive ketones (excluding diaryl/α,β-unsaturated/α-hetero) is 2. The molecule has 6 heteroatoms. The van der Waals surface area contributed by atoms with Crippen LogP contribution in [0.3, 0.4) is 0 Å². The fourth-order valence-corrected chi connectivity index (χ4v) is 1.76. The minimum atomic E-state index is -0.626. The van der Waals surface area contributed by atoms with E-state index in [-0.39, 0.29) is 36.0 Å². The van der Waals surface area contributed by atoms with Crippen LogP contribution in [0.25, 0.3) is 0 Å². The van der Waals surface area contributed by atoms with Crippen LogP contribution >= 0.6 is 0 Å². The fraction of sp³-hybridized carbons (Fsp3) is 0.571. The molecule has 0 aliphatic rings. The molecule has 0 spiro atoms. The van der Waals surface area contributed by atoms with Gasteiger partial charge in [0.05, 0.1) is 6.04 Å². The molecule has 1 atom stereocenters. The zero-order valence-corrected chi connectivity index (χ0v) is 12.2. The summed E-state index contributed by atoms with van der Waals surface area (Å²) in [5, 5.41) is 6.26. The largest absolute Gasteiger partial charge is 0.361 e. The Labute approximate surface area is 117 Å². The number of aromatic nitrogens is 1. The third kappa shape index (κ3) is 4.60. The summed E-state index contributed by atoms with van der Waals surface area (Å²) in [4.78, 5) is 34.9. The smallest absolute Gasteiger partial charge is 0.274 e. The second kappa shape index (κ2) is 6.98. The molecule has 0 aliphatic heterocycles. The van der Waals surface area contributed by atoms with Crippen molar-refractivity contribution in [3.63, 3.8) is 0 Å². The molecule has 0 radical (unpaired) electrons. The van der Waals surface area contributed by atoms with E-state index in [4.69, 9.17) is 4.52 Å². The van der Waals surface area contributed by atoms with Crippen molar-refractivity contribution < 1.29 is 18.9 Å². The normalized spacial score (nSPS) is 12.2. The minimum Gasteiger partial charge on any atom is -0.361 e. The Balaban J connectivity index is 2.69. The zero-order valence-electron chi connectivity index (χ0n) is 12.2. The van der Waals surface area contributed by atoms with Crippen molar-refractivity contribution in [2.45, 2.75) is 46.6 Å². The lowest BCUT2D eigenvalue weighted by atomic mass is 9.96. The topological polar surface area (TPSA) is 89.3 Å². The molecular formula is C14H20N2O4. The summed E-state index contributed by atoms with van der Waals surface area (Å²) in [7, 11) is 0. The van der Waals surface area contributed by atoms with E-state index in [0.717, 1.165) is 0 Å². The monoisotopic (exact) mass is 280 g/mol. The number of hydrogen-bond donors (Lipinski definition) is 1. The van der Waals surface area contributed by atoms with Crippen molar-refractivity contribution in [1.82, 2.24) is 10.5 Å². The Morgan fingerprint density at radius 1 is 1.30 bits per heavy atom. The number of carbonyl (C=O) groups excluding carboxylic acids is 3. The van der Waals surface area contributed by atoms with Crippen LogP contribution in [0.2, 0.25) is 0 Å². The molecule has 1 amide bonds. The Bertz CT molecular complexity index is 505. The molecule has 0 bridgehead atoms. The molecule has 0 aromatic carbocycles. The highest BCUT2D eigenvalue weighted by Crippen LogP contribution is 2.09. The molecule has 0 fully saturated rings. The second-order valence-corrected chi connectivity index (χ2v) is 5.19. The number of nitrogens with one attached hydrogen (secondary N) is 1. The van der Waals surface area contributed by atoms with Gasteiger partial charge in [-0.25, -0.2) is 0 Å². The standard InChI is InChI=1S/C14H20N2O4/c1-8(2)13(12(18)6-5-9(3)17)15-14(19)11-7-10(4)20-16-11/h7-8,13H,5-6H2,1-4H3,(H,15,19). The maximum atomic E-state index is 12.1. The fourth-order valence-electron chi connectivity index (χ4n) is 1.76. The summed E-state index contributed by atoms with van der Waals surface area (Å²) >= 11 is 0. The van der Waals surface area contributed by atoms with Crippen LogP contribution in [-0.4, -0.2) is 28.7 Å². The molecule has 1 heterocycles. The van der Waals surface area contributed by atoms with E-state index in [1.54, 1.807) is 6.92 Å². The molecule has 1 rings (SSSR count). The number of hydrogen-bond acceptors (Lipinski definition) is 5. The Kier molecular flexibility index (Phi) is 5.61. The first-order valence-corrected chi connectivity index (χ1v) is 6.57. The summed E-state index contributed by atoms with van der Waals surface area (Å²) in [6.45, 7) is 6.80. The first-order chi connectivity index (χ1) is 9.31. The number of aryl methyl sites for hydroxylation is 1. The number of nitrogens with zero attached hydrogens (tertiary/aromatic N) is 1. The van der Waals surface area contributed by atoms with Crippen molar-refractivity contribution >= 4 is 17.5 Å². The number of carbonyl (C=O) groups is 3. The van der Waals surface area contributed by atoms with Crippen molar-refractivity contribution in [2.24, 2.45) is 5.92 Å². The summed E-state index contributed by atoms with van der Waals surface area (Å²) in [5.41, 5.74) is 0.146. The van der Waals surface area contributed by atoms with E-state index in [2.05, 4.69) is 10.5 Å². The highest BCUT2D eigenvalue weighted by Gasteiger charge is 2.25. The van der Waals surface area contributed by atoms with Gasteiger partial charge in [0.25, 0.3) is 5.91 Å². The Morgan fingerprint density at radius 3 is 2.40 bits per heavy atom. The molecule has 1 aromatic rings. The average molecular weight is 280 g/mol. The average Bonchev–Trinajstić information content (AvgIpc) is 2.79. The summed E-state index contributed by atoms with van der Waals surface area (Å²) in [5.74, 6) is -0.176.